The third-order valence-electron chi connectivity index (χ3n) is 7.64. The van der Waals surface area contributed by atoms with Crippen LogP contribution < -0.4 is 15.5 Å². The third kappa shape index (κ3) is 5.43. The zero-order valence-electron chi connectivity index (χ0n) is 20.8. The molecule has 0 radical (unpaired) electrons. The van der Waals surface area contributed by atoms with E-state index < -0.39 is 0 Å². The number of amides is 2. The molecule has 2 heterocycles. The van der Waals surface area contributed by atoms with Crippen LogP contribution in [0.25, 0.3) is 10.9 Å². The first kappa shape index (κ1) is 23.6. The standard InChI is InChI=1S/C29H37N5O/c1-22-13-14-26-27(31-22)11-6-12-28(26)33-19-17-32(18-20-33)16-15-23-7-5-10-25(21-23)34(29(30)35)24-8-3-2-4-9-24/h5-7,10-14,21,24H,2-4,8-9,15-20H2,1H3,(H2,30,35). The molecule has 35 heavy (non-hydrogen) atoms. The van der Waals surface area contributed by atoms with Gasteiger partial charge in [-0.15, -0.1) is 0 Å². The number of primary amides is 1. The number of hydrogen-bond donors (Lipinski definition) is 1. The number of pyridine rings is 1. The maximum absolute atomic E-state index is 12.3. The molecule has 3 aromatic rings. The van der Waals surface area contributed by atoms with Crippen molar-refractivity contribution in [3.63, 3.8) is 0 Å². The van der Waals surface area contributed by atoms with Gasteiger partial charge in [0, 0.05) is 61.2 Å². The second-order valence-corrected chi connectivity index (χ2v) is 10.0. The fourth-order valence-electron chi connectivity index (χ4n) is 5.74. The van der Waals surface area contributed by atoms with Gasteiger partial charge < -0.3 is 10.6 Å². The van der Waals surface area contributed by atoms with Gasteiger partial charge in [0.25, 0.3) is 0 Å². The number of nitrogens with two attached hydrogens (primary N) is 1. The minimum atomic E-state index is -0.330. The number of piperazine rings is 1. The summed E-state index contributed by atoms with van der Waals surface area (Å²) in [5, 5.41) is 1.24. The molecule has 6 heteroatoms. The van der Waals surface area contributed by atoms with Crippen molar-refractivity contribution in [2.75, 3.05) is 42.5 Å². The largest absolute Gasteiger partial charge is 0.368 e. The van der Waals surface area contributed by atoms with Crippen molar-refractivity contribution in [3.05, 3.63) is 65.9 Å². The molecular weight excluding hydrogens is 434 g/mol. The molecule has 0 unspecified atom stereocenters. The minimum absolute atomic E-state index is 0.234. The van der Waals surface area contributed by atoms with Crippen LogP contribution in [0.4, 0.5) is 16.2 Å². The second kappa shape index (κ2) is 10.6. The van der Waals surface area contributed by atoms with Crippen molar-refractivity contribution in [1.82, 2.24) is 9.88 Å². The number of anilines is 2. The lowest BCUT2D eigenvalue weighted by molar-refractivity contribution is 0.249. The van der Waals surface area contributed by atoms with E-state index in [4.69, 9.17) is 10.7 Å². The molecule has 1 aromatic heterocycles. The Balaban J connectivity index is 1.19. The summed E-state index contributed by atoms with van der Waals surface area (Å²) in [4.78, 5) is 23.9. The first-order chi connectivity index (χ1) is 17.1. The van der Waals surface area contributed by atoms with Gasteiger partial charge in [0.2, 0.25) is 0 Å². The van der Waals surface area contributed by atoms with Crippen LogP contribution >= 0.6 is 0 Å². The van der Waals surface area contributed by atoms with Crippen LogP contribution in [0.2, 0.25) is 0 Å². The van der Waals surface area contributed by atoms with Crippen molar-refractivity contribution >= 4 is 28.3 Å². The smallest absolute Gasteiger partial charge is 0.319 e. The van der Waals surface area contributed by atoms with Crippen LogP contribution in [-0.2, 0) is 6.42 Å². The van der Waals surface area contributed by atoms with Crippen molar-refractivity contribution in [3.8, 4) is 0 Å². The zero-order chi connectivity index (χ0) is 24.2. The van der Waals surface area contributed by atoms with Crippen molar-refractivity contribution in [1.29, 1.82) is 0 Å². The van der Waals surface area contributed by atoms with E-state index in [2.05, 4.69) is 58.3 Å². The Kier molecular flexibility index (Phi) is 7.19. The maximum Gasteiger partial charge on any atom is 0.319 e. The Bertz CT molecular complexity index is 1160. The number of fused-ring (bicyclic) bond motifs is 1. The van der Waals surface area contributed by atoms with E-state index in [9.17, 15) is 4.79 Å². The van der Waals surface area contributed by atoms with E-state index in [-0.39, 0.29) is 12.1 Å². The van der Waals surface area contributed by atoms with Crippen molar-refractivity contribution in [2.24, 2.45) is 5.73 Å². The molecule has 184 valence electrons. The Morgan fingerprint density at radius 3 is 2.54 bits per heavy atom. The quantitative estimate of drug-likeness (QED) is 0.542. The number of nitrogens with zero attached hydrogens (tertiary/aromatic N) is 4. The summed E-state index contributed by atoms with van der Waals surface area (Å²) in [5.41, 5.74) is 11.4. The predicted molar refractivity (Wildman–Crippen MR) is 144 cm³/mol. The van der Waals surface area contributed by atoms with Crippen LogP contribution in [0.5, 0.6) is 0 Å². The van der Waals surface area contributed by atoms with Crippen LogP contribution in [0, 0.1) is 6.92 Å². The summed E-state index contributed by atoms with van der Waals surface area (Å²) in [6.07, 6.45) is 6.67. The number of benzene rings is 2. The molecule has 2 aliphatic rings. The molecule has 6 nitrogen and oxygen atoms in total. The lowest BCUT2D eigenvalue weighted by Crippen LogP contribution is -2.47. The van der Waals surface area contributed by atoms with Crippen LogP contribution in [0.3, 0.4) is 0 Å². The highest BCUT2D eigenvalue weighted by Gasteiger charge is 2.25. The third-order valence-corrected chi connectivity index (χ3v) is 7.64. The number of aromatic nitrogens is 1. The Labute approximate surface area is 208 Å². The molecule has 1 saturated carbocycles. The molecule has 2 aromatic carbocycles. The monoisotopic (exact) mass is 471 g/mol. The zero-order valence-corrected chi connectivity index (χ0v) is 20.8. The van der Waals surface area contributed by atoms with E-state index in [1.807, 2.05) is 17.9 Å². The van der Waals surface area contributed by atoms with Crippen LogP contribution in [0.15, 0.2) is 54.6 Å². The average Bonchev–Trinajstić information content (AvgIpc) is 2.88. The Morgan fingerprint density at radius 2 is 1.77 bits per heavy atom. The first-order valence-electron chi connectivity index (χ1n) is 13.1. The van der Waals surface area contributed by atoms with Crippen LogP contribution in [0.1, 0.15) is 43.4 Å². The summed E-state index contributed by atoms with van der Waals surface area (Å²) in [5.74, 6) is 0. The van der Waals surface area contributed by atoms with E-state index in [1.165, 1.54) is 35.9 Å². The Morgan fingerprint density at radius 1 is 1.00 bits per heavy atom. The molecule has 1 aliphatic carbocycles. The van der Waals surface area contributed by atoms with Gasteiger partial charge in [-0.2, -0.15) is 0 Å². The van der Waals surface area contributed by atoms with Gasteiger partial charge >= 0.3 is 6.03 Å². The Hall–Kier alpha value is -3.12. The summed E-state index contributed by atoms with van der Waals surface area (Å²) >= 11 is 0. The van der Waals surface area contributed by atoms with E-state index in [0.29, 0.717) is 0 Å². The summed E-state index contributed by atoms with van der Waals surface area (Å²) in [6, 6.07) is 19.1. The average molecular weight is 472 g/mol. The summed E-state index contributed by atoms with van der Waals surface area (Å²) in [6.45, 7) is 7.19. The molecule has 2 amide bonds. The lowest BCUT2D eigenvalue weighted by atomic mass is 9.94. The number of carbonyl (C=O) groups is 1. The number of hydrogen-bond acceptors (Lipinski definition) is 4. The minimum Gasteiger partial charge on any atom is -0.368 e. The van der Waals surface area contributed by atoms with E-state index in [1.54, 1.807) is 0 Å². The highest BCUT2D eigenvalue weighted by molar-refractivity contribution is 5.92. The van der Waals surface area contributed by atoms with Crippen LogP contribution in [-0.4, -0.2) is 54.7 Å². The fraction of sp³-hybridized carbons (Fsp3) is 0.448. The normalized spacial score (nSPS) is 17.6. The number of aryl methyl sites for hydroxylation is 1. The molecule has 2 fully saturated rings. The second-order valence-electron chi connectivity index (χ2n) is 10.0. The summed E-state index contributed by atoms with van der Waals surface area (Å²) < 4.78 is 0. The summed E-state index contributed by atoms with van der Waals surface area (Å²) in [7, 11) is 0. The molecule has 0 bridgehead atoms. The van der Waals surface area contributed by atoms with Gasteiger partial charge in [-0.05, 0) is 68.1 Å². The van der Waals surface area contributed by atoms with Gasteiger partial charge in [0.15, 0.2) is 0 Å². The molecule has 2 N–H and O–H groups in total. The van der Waals surface area contributed by atoms with E-state index >= 15 is 0 Å². The SMILES string of the molecule is Cc1ccc2c(N3CCN(CCc4cccc(N(C(N)=O)C5CCCCC5)c4)CC3)cccc2n1. The van der Waals surface area contributed by atoms with Gasteiger partial charge in [-0.25, -0.2) is 4.79 Å². The van der Waals surface area contributed by atoms with Gasteiger partial charge in [0.05, 0.1) is 5.52 Å². The number of rotatable bonds is 6. The molecule has 1 aliphatic heterocycles. The van der Waals surface area contributed by atoms with E-state index in [0.717, 1.165) is 68.9 Å². The maximum atomic E-state index is 12.3. The predicted octanol–water partition coefficient (Wildman–Crippen LogP) is 5.13. The fourth-order valence-corrected chi connectivity index (χ4v) is 5.74. The molecule has 5 rings (SSSR count). The van der Waals surface area contributed by atoms with Gasteiger partial charge in [-0.3, -0.25) is 14.8 Å². The highest BCUT2D eigenvalue weighted by atomic mass is 16.2. The number of urea groups is 1. The molecule has 0 atom stereocenters. The first-order valence-corrected chi connectivity index (χ1v) is 13.1. The molecule has 0 spiro atoms. The highest BCUT2D eigenvalue weighted by Crippen LogP contribution is 2.29. The van der Waals surface area contributed by atoms with Crippen molar-refractivity contribution in [2.45, 2.75) is 51.5 Å². The molecule has 1 saturated heterocycles. The number of carbonyl (C=O) groups excluding carboxylic acids is 1. The topological polar surface area (TPSA) is 65.7 Å². The van der Waals surface area contributed by atoms with Gasteiger partial charge in [0.1, 0.15) is 0 Å². The molecular formula is C29H37N5O. The van der Waals surface area contributed by atoms with Gasteiger partial charge in [-0.1, -0.05) is 37.5 Å². The van der Waals surface area contributed by atoms with Crippen molar-refractivity contribution < 1.29 is 4.79 Å². The lowest BCUT2D eigenvalue weighted by Gasteiger charge is -2.36.